The third-order valence-corrected chi connectivity index (χ3v) is 2.86. The number of halogens is 2. The van der Waals surface area contributed by atoms with Crippen LogP contribution in [-0.4, -0.2) is 54.8 Å². The normalized spacial score (nSPS) is 14.5. The van der Waals surface area contributed by atoms with Gasteiger partial charge in [-0.3, -0.25) is 9.69 Å². The van der Waals surface area contributed by atoms with Crippen molar-refractivity contribution < 1.29 is 4.79 Å². The Morgan fingerprint density at radius 1 is 1.47 bits per heavy atom. The average molecular weight is 279 g/mol. The van der Waals surface area contributed by atoms with Crippen LogP contribution in [0.25, 0.3) is 0 Å². The number of hydrogen-bond acceptors (Lipinski definition) is 2. The van der Waals surface area contributed by atoms with Crippen LogP contribution < -0.4 is 0 Å². The van der Waals surface area contributed by atoms with Gasteiger partial charge in [0.05, 0.1) is 13.1 Å². The highest BCUT2D eigenvalue weighted by molar-refractivity contribution is 6.17. The molecule has 1 saturated heterocycles. The van der Waals surface area contributed by atoms with Gasteiger partial charge >= 0.3 is 0 Å². The maximum Gasteiger partial charge on any atom is 0.223 e. The summed E-state index contributed by atoms with van der Waals surface area (Å²) in [6, 6.07) is 0. The number of carbonyl (C=O) groups excluding carboxylic acids is 1. The van der Waals surface area contributed by atoms with Gasteiger partial charge in [-0.1, -0.05) is 11.8 Å². The summed E-state index contributed by atoms with van der Waals surface area (Å²) < 4.78 is 0. The molecule has 1 rings (SSSR count). The van der Waals surface area contributed by atoms with Crippen LogP contribution in [0.3, 0.4) is 0 Å². The zero-order chi connectivity index (χ0) is 11.8. The van der Waals surface area contributed by atoms with Crippen molar-refractivity contribution in [1.29, 1.82) is 0 Å². The summed E-state index contributed by atoms with van der Waals surface area (Å²) in [4.78, 5) is 15.2. The van der Waals surface area contributed by atoms with E-state index in [0.717, 1.165) is 32.5 Å². The lowest BCUT2D eigenvalue weighted by Gasteiger charge is -2.12. The van der Waals surface area contributed by atoms with E-state index in [1.165, 1.54) is 0 Å². The number of alkyl halides is 1. The first-order chi connectivity index (χ1) is 7.74. The van der Waals surface area contributed by atoms with E-state index in [1.54, 1.807) is 0 Å². The van der Waals surface area contributed by atoms with Gasteiger partial charge in [0, 0.05) is 18.8 Å². The molecule has 0 aromatic heterocycles. The zero-order valence-electron chi connectivity index (χ0n) is 10.2. The molecule has 98 valence electrons. The molecule has 1 aliphatic heterocycles. The molecule has 0 aliphatic carbocycles. The molecule has 0 N–H and O–H groups in total. The Kier molecular flexibility index (Phi) is 9.34. The maximum absolute atomic E-state index is 11.3. The molecule has 1 amide bonds. The highest BCUT2D eigenvalue weighted by Gasteiger charge is 2.18. The molecule has 3 nitrogen and oxygen atoms in total. The second-order valence-electron chi connectivity index (χ2n) is 4.05. The van der Waals surface area contributed by atoms with Crippen LogP contribution in [0.4, 0.5) is 0 Å². The van der Waals surface area contributed by atoms with Crippen molar-refractivity contribution in [3.63, 3.8) is 0 Å². The monoisotopic (exact) mass is 278 g/mol. The Bertz CT molecular complexity index is 286. The molecule has 0 saturated carbocycles. The van der Waals surface area contributed by atoms with Crippen molar-refractivity contribution >= 4 is 29.9 Å². The summed E-state index contributed by atoms with van der Waals surface area (Å²) in [7, 11) is 2.03. The van der Waals surface area contributed by atoms with Crippen LogP contribution in [0, 0.1) is 11.8 Å². The zero-order valence-corrected chi connectivity index (χ0v) is 11.8. The van der Waals surface area contributed by atoms with Gasteiger partial charge < -0.3 is 4.90 Å². The quantitative estimate of drug-likeness (QED) is 0.563. The number of hydrogen-bond donors (Lipinski definition) is 0. The van der Waals surface area contributed by atoms with E-state index >= 15 is 0 Å². The van der Waals surface area contributed by atoms with Gasteiger partial charge in [-0.05, 0) is 26.4 Å². The minimum atomic E-state index is 0. The van der Waals surface area contributed by atoms with E-state index in [0.29, 0.717) is 18.8 Å². The van der Waals surface area contributed by atoms with Crippen molar-refractivity contribution in [1.82, 2.24) is 9.80 Å². The van der Waals surface area contributed by atoms with E-state index in [4.69, 9.17) is 11.6 Å². The summed E-state index contributed by atoms with van der Waals surface area (Å²) in [5, 5.41) is 0. The number of rotatable bonds is 5. The predicted octanol–water partition coefficient (Wildman–Crippen LogP) is 1.59. The highest BCUT2D eigenvalue weighted by Crippen LogP contribution is 2.07. The van der Waals surface area contributed by atoms with Crippen LogP contribution in [0.2, 0.25) is 0 Å². The summed E-state index contributed by atoms with van der Waals surface area (Å²) in [6.45, 7) is 3.18. The number of nitrogens with zero attached hydrogens (tertiary/aromatic N) is 2. The second kappa shape index (κ2) is 9.58. The van der Waals surface area contributed by atoms with Gasteiger partial charge in [0.2, 0.25) is 5.91 Å². The lowest BCUT2D eigenvalue weighted by molar-refractivity contribution is -0.127. The Morgan fingerprint density at radius 2 is 2.24 bits per heavy atom. The van der Waals surface area contributed by atoms with Gasteiger partial charge in [0.1, 0.15) is 0 Å². The molecular weight excluding hydrogens is 259 g/mol. The molecule has 1 fully saturated rings. The molecule has 1 heterocycles. The van der Waals surface area contributed by atoms with Crippen molar-refractivity contribution in [2.45, 2.75) is 19.3 Å². The summed E-state index contributed by atoms with van der Waals surface area (Å²) >= 11 is 5.60. The standard InChI is InChI=1S/C12H19ClN2O.ClH/c1-14(9-5-7-13)8-2-3-10-15-11-4-6-12(15)16;/h4-11H2,1H3;1H. The minimum absolute atomic E-state index is 0. The van der Waals surface area contributed by atoms with Crippen LogP contribution in [0.15, 0.2) is 0 Å². The molecule has 1 aliphatic rings. The van der Waals surface area contributed by atoms with Crippen LogP contribution in [-0.2, 0) is 4.79 Å². The Morgan fingerprint density at radius 3 is 2.82 bits per heavy atom. The summed E-state index contributed by atoms with van der Waals surface area (Å²) in [5.41, 5.74) is 0. The van der Waals surface area contributed by atoms with E-state index in [9.17, 15) is 4.79 Å². The molecule has 0 atom stereocenters. The fourth-order valence-corrected chi connectivity index (χ4v) is 1.74. The Labute approximate surface area is 115 Å². The first kappa shape index (κ1) is 16.6. The van der Waals surface area contributed by atoms with Crippen LogP contribution in [0.5, 0.6) is 0 Å². The number of carbonyl (C=O) groups is 1. The lowest BCUT2D eigenvalue weighted by Crippen LogP contribution is -2.25. The summed E-state index contributed by atoms with van der Waals surface area (Å²) in [5.74, 6) is 7.06. The third-order valence-electron chi connectivity index (χ3n) is 2.59. The SMILES string of the molecule is CN(CC#CCN1CCCC1=O)CCCCl.Cl. The van der Waals surface area contributed by atoms with Crippen molar-refractivity contribution in [2.75, 3.05) is 39.1 Å². The van der Waals surface area contributed by atoms with Gasteiger partial charge in [0.25, 0.3) is 0 Å². The van der Waals surface area contributed by atoms with E-state index < -0.39 is 0 Å². The Hall–Kier alpha value is -0.430. The van der Waals surface area contributed by atoms with E-state index in [-0.39, 0.29) is 18.3 Å². The molecule has 0 aromatic carbocycles. The van der Waals surface area contributed by atoms with Gasteiger partial charge in [0.15, 0.2) is 0 Å². The van der Waals surface area contributed by atoms with Crippen molar-refractivity contribution in [3.8, 4) is 11.8 Å². The molecule has 0 bridgehead atoms. The minimum Gasteiger partial charge on any atom is -0.332 e. The van der Waals surface area contributed by atoms with E-state index in [2.05, 4.69) is 16.7 Å². The highest BCUT2D eigenvalue weighted by atomic mass is 35.5. The van der Waals surface area contributed by atoms with Crippen LogP contribution >= 0.6 is 24.0 Å². The second-order valence-corrected chi connectivity index (χ2v) is 4.43. The fraction of sp³-hybridized carbons (Fsp3) is 0.750. The average Bonchev–Trinajstić information content (AvgIpc) is 2.67. The number of amides is 1. The molecule has 0 radical (unpaired) electrons. The Balaban J connectivity index is 0.00000256. The van der Waals surface area contributed by atoms with Crippen LogP contribution in [0.1, 0.15) is 19.3 Å². The molecule has 5 heteroatoms. The predicted molar refractivity (Wildman–Crippen MR) is 73.7 cm³/mol. The molecule has 17 heavy (non-hydrogen) atoms. The number of likely N-dealkylation sites (tertiary alicyclic amines) is 1. The van der Waals surface area contributed by atoms with Crippen molar-refractivity contribution in [3.05, 3.63) is 0 Å². The molecule has 0 spiro atoms. The van der Waals surface area contributed by atoms with Gasteiger partial charge in [-0.2, -0.15) is 0 Å². The molecule has 0 unspecified atom stereocenters. The smallest absolute Gasteiger partial charge is 0.223 e. The third kappa shape index (κ3) is 6.78. The maximum atomic E-state index is 11.3. The van der Waals surface area contributed by atoms with Crippen molar-refractivity contribution in [2.24, 2.45) is 0 Å². The largest absolute Gasteiger partial charge is 0.332 e. The molecular formula is C12H20Cl2N2O. The topological polar surface area (TPSA) is 23.6 Å². The van der Waals surface area contributed by atoms with E-state index in [1.807, 2.05) is 11.9 Å². The fourth-order valence-electron chi connectivity index (χ4n) is 1.62. The first-order valence-electron chi connectivity index (χ1n) is 5.72. The van der Waals surface area contributed by atoms with Gasteiger partial charge in [-0.25, -0.2) is 0 Å². The summed E-state index contributed by atoms with van der Waals surface area (Å²) in [6.07, 6.45) is 2.66. The first-order valence-corrected chi connectivity index (χ1v) is 6.25. The molecule has 0 aromatic rings. The lowest BCUT2D eigenvalue weighted by atomic mass is 10.4. The van der Waals surface area contributed by atoms with Gasteiger partial charge in [-0.15, -0.1) is 24.0 Å².